The smallest absolute Gasteiger partial charge is 0.255 e. The lowest BCUT2D eigenvalue weighted by Crippen LogP contribution is -2.39. The Morgan fingerprint density at radius 3 is 3.15 bits per heavy atom. The molecule has 0 spiro atoms. The minimum atomic E-state index is 0.450. The molecule has 0 saturated carbocycles. The summed E-state index contributed by atoms with van der Waals surface area (Å²) >= 11 is 6.07. The predicted octanol–water partition coefficient (Wildman–Crippen LogP) is 1.70. The van der Waals surface area contributed by atoms with Crippen molar-refractivity contribution in [2.24, 2.45) is 0 Å². The summed E-state index contributed by atoms with van der Waals surface area (Å²) in [4.78, 5) is 13.0. The molecule has 108 valence electrons. The molecule has 2 aromatic rings. The van der Waals surface area contributed by atoms with E-state index < -0.39 is 0 Å². The molecule has 0 N–H and O–H groups in total. The average Bonchev–Trinajstić information content (AvgIpc) is 3.05. The van der Waals surface area contributed by atoms with Crippen LogP contribution in [0.15, 0.2) is 12.4 Å². The maximum atomic E-state index is 6.07. The van der Waals surface area contributed by atoms with Gasteiger partial charge in [0.05, 0.1) is 0 Å². The van der Waals surface area contributed by atoms with Crippen molar-refractivity contribution < 1.29 is 0 Å². The first-order valence-electron chi connectivity index (χ1n) is 7.00. The second-order valence-electron chi connectivity index (χ2n) is 5.21. The van der Waals surface area contributed by atoms with E-state index in [1.807, 2.05) is 6.07 Å². The van der Waals surface area contributed by atoms with E-state index in [-0.39, 0.29) is 0 Å². The van der Waals surface area contributed by atoms with Gasteiger partial charge in [0.25, 0.3) is 5.78 Å². The molecule has 3 heterocycles. The molecule has 6 nitrogen and oxygen atoms in total. The number of halogens is 1. The van der Waals surface area contributed by atoms with Crippen molar-refractivity contribution >= 4 is 23.2 Å². The molecule has 0 amide bonds. The minimum absolute atomic E-state index is 0.450. The van der Waals surface area contributed by atoms with Gasteiger partial charge in [0.15, 0.2) is 0 Å². The molecule has 0 aromatic carbocycles. The third-order valence-electron chi connectivity index (χ3n) is 3.98. The number of hydrogen-bond donors (Lipinski definition) is 0. The highest BCUT2D eigenvalue weighted by Crippen LogP contribution is 2.22. The number of nitrogens with zero attached hydrogens (tertiary/aromatic N) is 6. The summed E-state index contributed by atoms with van der Waals surface area (Å²) in [6, 6.07) is 2.43. The van der Waals surface area contributed by atoms with Gasteiger partial charge in [-0.3, -0.25) is 4.90 Å². The standard InChI is InChI=1S/C13H19ClN6/c1-3-19-6-4-5-10(19)8-18(2)12-7-11(14)17-13-15-9-16-20(12)13/h7,9-10H,3-6,8H2,1-2H3. The molecule has 1 aliphatic rings. The molecular weight excluding hydrogens is 276 g/mol. The Morgan fingerprint density at radius 2 is 2.35 bits per heavy atom. The SMILES string of the molecule is CCN1CCCC1CN(C)c1cc(Cl)nc2ncnn12. The Morgan fingerprint density at radius 1 is 1.50 bits per heavy atom. The maximum absolute atomic E-state index is 6.07. The fourth-order valence-electron chi connectivity index (χ4n) is 2.97. The Balaban J connectivity index is 1.85. The van der Waals surface area contributed by atoms with Crippen LogP contribution in [0.2, 0.25) is 5.15 Å². The number of rotatable bonds is 4. The number of anilines is 1. The van der Waals surface area contributed by atoms with Crippen LogP contribution >= 0.6 is 11.6 Å². The second-order valence-corrected chi connectivity index (χ2v) is 5.60. The zero-order valence-corrected chi connectivity index (χ0v) is 12.6. The van der Waals surface area contributed by atoms with Crippen LogP contribution in [0.3, 0.4) is 0 Å². The van der Waals surface area contributed by atoms with Crippen LogP contribution in [-0.2, 0) is 0 Å². The normalized spacial score (nSPS) is 19.9. The summed E-state index contributed by atoms with van der Waals surface area (Å²) in [5.74, 6) is 1.47. The third kappa shape index (κ3) is 2.45. The minimum Gasteiger partial charge on any atom is -0.358 e. The summed E-state index contributed by atoms with van der Waals surface area (Å²) in [6.07, 6.45) is 4.03. The molecule has 1 aliphatic heterocycles. The third-order valence-corrected chi connectivity index (χ3v) is 4.18. The number of fused-ring (bicyclic) bond motifs is 1. The Bertz CT molecular complexity index is 598. The zero-order valence-electron chi connectivity index (χ0n) is 11.8. The highest BCUT2D eigenvalue weighted by molar-refractivity contribution is 6.29. The largest absolute Gasteiger partial charge is 0.358 e. The van der Waals surface area contributed by atoms with E-state index in [1.165, 1.54) is 25.7 Å². The van der Waals surface area contributed by atoms with E-state index in [9.17, 15) is 0 Å². The number of aromatic nitrogens is 4. The van der Waals surface area contributed by atoms with Gasteiger partial charge in [0.1, 0.15) is 17.3 Å². The van der Waals surface area contributed by atoms with Gasteiger partial charge in [-0.05, 0) is 25.9 Å². The van der Waals surface area contributed by atoms with E-state index in [1.54, 1.807) is 4.52 Å². The van der Waals surface area contributed by atoms with Gasteiger partial charge in [-0.1, -0.05) is 18.5 Å². The van der Waals surface area contributed by atoms with Crippen LogP contribution in [0.25, 0.3) is 5.78 Å². The Labute approximate surface area is 123 Å². The predicted molar refractivity (Wildman–Crippen MR) is 79.3 cm³/mol. The number of hydrogen-bond acceptors (Lipinski definition) is 5. The molecule has 2 aromatic heterocycles. The van der Waals surface area contributed by atoms with Gasteiger partial charge in [0.2, 0.25) is 0 Å². The highest BCUT2D eigenvalue weighted by Gasteiger charge is 2.25. The van der Waals surface area contributed by atoms with Crippen LogP contribution in [0.4, 0.5) is 5.82 Å². The Hall–Kier alpha value is -1.40. The molecular formula is C13H19ClN6. The second kappa shape index (κ2) is 5.54. The summed E-state index contributed by atoms with van der Waals surface area (Å²) in [5, 5.41) is 4.67. The van der Waals surface area contributed by atoms with Crippen molar-refractivity contribution in [2.75, 3.05) is 31.6 Å². The lowest BCUT2D eigenvalue weighted by atomic mass is 10.2. The van der Waals surface area contributed by atoms with Gasteiger partial charge < -0.3 is 4.90 Å². The van der Waals surface area contributed by atoms with Crippen LogP contribution in [0.5, 0.6) is 0 Å². The summed E-state index contributed by atoms with van der Waals surface area (Å²) in [5.41, 5.74) is 0. The summed E-state index contributed by atoms with van der Waals surface area (Å²) in [6.45, 7) is 5.49. The van der Waals surface area contributed by atoms with Gasteiger partial charge >= 0.3 is 0 Å². The van der Waals surface area contributed by atoms with Gasteiger partial charge in [-0.2, -0.15) is 19.6 Å². The van der Waals surface area contributed by atoms with Crippen molar-refractivity contribution in [3.05, 3.63) is 17.5 Å². The zero-order chi connectivity index (χ0) is 14.1. The quantitative estimate of drug-likeness (QED) is 0.803. The molecule has 1 saturated heterocycles. The van der Waals surface area contributed by atoms with E-state index in [4.69, 9.17) is 11.6 Å². The van der Waals surface area contributed by atoms with Crippen LogP contribution in [0, 0.1) is 0 Å². The van der Waals surface area contributed by atoms with Gasteiger partial charge in [0, 0.05) is 25.7 Å². The first-order chi connectivity index (χ1) is 9.69. The average molecular weight is 295 g/mol. The van der Waals surface area contributed by atoms with Crippen LogP contribution < -0.4 is 4.90 Å². The molecule has 20 heavy (non-hydrogen) atoms. The number of likely N-dealkylation sites (N-methyl/N-ethyl adjacent to an activating group) is 2. The first kappa shape index (κ1) is 13.6. The van der Waals surface area contributed by atoms with E-state index >= 15 is 0 Å². The molecule has 0 bridgehead atoms. The van der Waals surface area contributed by atoms with Crippen molar-refractivity contribution in [2.45, 2.75) is 25.8 Å². The fourth-order valence-corrected chi connectivity index (χ4v) is 3.14. The van der Waals surface area contributed by atoms with Crippen molar-refractivity contribution in [3.8, 4) is 0 Å². The van der Waals surface area contributed by atoms with E-state index in [0.29, 0.717) is 17.0 Å². The van der Waals surface area contributed by atoms with Crippen molar-refractivity contribution in [1.82, 2.24) is 24.5 Å². The van der Waals surface area contributed by atoms with Crippen molar-refractivity contribution in [3.63, 3.8) is 0 Å². The molecule has 1 unspecified atom stereocenters. The Kier molecular flexibility index (Phi) is 3.76. The molecule has 0 aliphatic carbocycles. The molecule has 1 fully saturated rings. The molecule has 0 radical (unpaired) electrons. The lowest BCUT2D eigenvalue weighted by Gasteiger charge is -2.28. The fraction of sp³-hybridized carbons (Fsp3) is 0.615. The van der Waals surface area contributed by atoms with E-state index in [2.05, 4.69) is 38.8 Å². The van der Waals surface area contributed by atoms with Crippen molar-refractivity contribution in [1.29, 1.82) is 0 Å². The highest BCUT2D eigenvalue weighted by atomic mass is 35.5. The summed E-state index contributed by atoms with van der Waals surface area (Å²) < 4.78 is 1.73. The molecule has 3 rings (SSSR count). The van der Waals surface area contributed by atoms with Gasteiger partial charge in [-0.15, -0.1) is 0 Å². The van der Waals surface area contributed by atoms with E-state index in [0.717, 1.165) is 18.9 Å². The first-order valence-corrected chi connectivity index (χ1v) is 7.38. The maximum Gasteiger partial charge on any atom is 0.255 e. The molecule has 7 heteroatoms. The van der Waals surface area contributed by atoms with Crippen LogP contribution in [-0.4, -0.2) is 57.2 Å². The molecule has 1 atom stereocenters. The lowest BCUT2D eigenvalue weighted by molar-refractivity contribution is 0.270. The summed E-state index contributed by atoms with van der Waals surface area (Å²) in [7, 11) is 2.07. The monoisotopic (exact) mass is 294 g/mol. The topological polar surface area (TPSA) is 49.6 Å². The number of likely N-dealkylation sites (tertiary alicyclic amines) is 1. The van der Waals surface area contributed by atoms with Gasteiger partial charge in [-0.25, -0.2) is 0 Å². The van der Waals surface area contributed by atoms with Crippen LogP contribution in [0.1, 0.15) is 19.8 Å².